The number of nitrogens with one attached hydrogen (secondary N) is 1. The van der Waals surface area contributed by atoms with Gasteiger partial charge in [0, 0.05) is 21.7 Å². The lowest BCUT2D eigenvalue weighted by Crippen LogP contribution is -2.12. The summed E-state index contributed by atoms with van der Waals surface area (Å²) < 4.78 is 0. The van der Waals surface area contributed by atoms with Gasteiger partial charge in [-0.05, 0) is 55.6 Å². The molecule has 0 atom stereocenters. The molecule has 0 radical (unpaired) electrons. The highest BCUT2D eigenvalue weighted by molar-refractivity contribution is 7.10. The zero-order valence-corrected chi connectivity index (χ0v) is 12.2. The highest BCUT2D eigenvalue weighted by Crippen LogP contribution is 2.15. The van der Waals surface area contributed by atoms with Crippen molar-refractivity contribution in [2.45, 2.75) is 13.8 Å². The van der Waals surface area contributed by atoms with Gasteiger partial charge in [0.05, 0.1) is 0 Å². The van der Waals surface area contributed by atoms with Gasteiger partial charge in [-0.2, -0.15) is 0 Å². The normalized spacial score (nSPS) is 11.2. The third-order valence-corrected chi connectivity index (χ3v) is 3.63. The van der Waals surface area contributed by atoms with Crippen molar-refractivity contribution in [3.63, 3.8) is 0 Å². The Morgan fingerprint density at radius 1 is 1.10 bits per heavy atom. The number of benzene rings is 1. The SMILES string of the molecule is CC(=O)c1ccc(NC(=O)/C(C)=C/c2cccs2)cc1. The molecule has 0 aliphatic heterocycles. The molecule has 1 heterocycles. The lowest BCUT2D eigenvalue weighted by molar-refractivity contribution is -0.112. The van der Waals surface area contributed by atoms with Crippen LogP contribution in [0, 0.1) is 0 Å². The smallest absolute Gasteiger partial charge is 0.251 e. The third-order valence-electron chi connectivity index (χ3n) is 2.81. The summed E-state index contributed by atoms with van der Waals surface area (Å²) in [6, 6.07) is 10.8. The molecule has 0 spiro atoms. The van der Waals surface area contributed by atoms with Gasteiger partial charge in [-0.1, -0.05) is 6.07 Å². The van der Waals surface area contributed by atoms with Crippen LogP contribution in [0.5, 0.6) is 0 Å². The van der Waals surface area contributed by atoms with Crippen LogP contribution >= 0.6 is 11.3 Å². The van der Waals surface area contributed by atoms with E-state index in [0.29, 0.717) is 16.8 Å². The van der Waals surface area contributed by atoms with Crippen molar-refractivity contribution < 1.29 is 9.59 Å². The fourth-order valence-corrected chi connectivity index (χ4v) is 2.39. The zero-order chi connectivity index (χ0) is 14.5. The second kappa shape index (κ2) is 6.30. The molecule has 102 valence electrons. The van der Waals surface area contributed by atoms with Gasteiger partial charge in [-0.25, -0.2) is 0 Å². The Labute approximate surface area is 122 Å². The molecular formula is C16H15NO2S. The quantitative estimate of drug-likeness (QED) is 0.682. The topological polar surface area (TPSA) is 46.2 Å². The monoisotopic (exact) mass is 285 g/mol. The van der Waals surface area contributed by atoms with Gasteiger partial charge in [-0.3, -0.25) is 9.59 Å². The summed E-state index contributed by atoms with van der Waals surface area (Å²) in [6.45, 7) is 3.29. The summed E-state index contributed by atoms with van der Waals surface area (Å²) in [6.07, 6.45) is 1.85. The minimum atomic E-state index is -0.144. The number of Topliss-reactive ketones (excluding diaryl/α,β-unsaturated/α-hetero) is 1. The number of thiophene rings is 1. The Morgan fingerprint density at radius 3 is 2.35 bits per heavy atom. The lowest BCUT2D eigenvalue weighted by Gasteiger charge is -2.05. The van der Waals surface area contributed by atoms with E-state index in [9.17, 15) is 9.59 Å². The average Bonchev–Trinajstić information content (AvgIpc) is 2.92. The summed E-state index contributed by atoms with van der Waals surface area (Å²) in [5, 5.41) is 4.78. The molecule has 0 bridgehead atoms. The molecule has 4 heteroatoms. The largest absolute Gasteiger partial charge is 0.322 e. The molecule has 1 N–H and O–H groups in total. The van der Waals surface area contributed by atoms with E-state index < -0.39 is 0 Å². The molecule has 1 amide bonds. The van der Waals surface area contributed by atoms with E-state index in [1.807, 2.05) is 23.6 Å². The van der Waals surface area contributed by atoms with E-state index in [0.717, 1.165) is 4.88 Å². The van der Waals surface area contributed by atoms with Crippen molar-refractivity contribution in [1.82, 2.24) is 0 Å². The molecule has 2 rings (SSSR count). The van der Waals surface area contributed by atoms with E-state index in [2.05, 4.69) is 5.32 Å². The Balaban J connectivity index is 2.06. The molecule has 0 aliphatic rings. The molecule has 0 saturated carbocycles. The summed E-state index contributed by atoms with van der Waals surface area (Å²) in [5.41, 5.74) is 1.95. The first kappa shape index (κ1) is 14.2. The van der Waals surface area contributed by atoms with E-state index in [1.54, 1.807) is 42.5 Å². The van der Waals surface area contributed by atoms with Gasteiger partial charge in [0.2, 0.25) is 0 Å². The minimum absolute atomic E-state index is 0.0108. The van der Waals surface area contributed by atoms with Crippen LogP contribution in [0.25, 0.3) is 6.08 Å². The van der Waals surface area contributed by atoms with E-state index in [1.165, 1.54) is 6.92 Å². The van der Waals surface area contributed by atoms with Crippen LogP contribution in [-0.2, 0) is 4.79 Å². The molecule has 0 fully saturated rings. The molecule has 3 nitrogen and oxygen atoms in total. The number of hydrogen-bond donors (Lipinski definition) is 1. The zero-order valence-electron chi connectivity index (χ0n) is 11.3. The molecule has 2 aromatic rings. The number of ketones is 1. The third kappa shape index (κ3) is 3.65. The van der Waals surface area contributed by atoms with E-state index in [-0.39, 0.29) is 11.7 Å². The van der Waals surface area contributed by atoms with Gasteiger partial charge in [0.25, 0.3) is 5.91 Å². The maximum atomic E-state index is 12.0. The fraction of sp³-hybridized carbons (Fsp3) is 0.125. The first-order chi connectivity index (χ1) is 9.56. The number of carbonyl (C=O) groups excluding carboxylic acids is 2. The Morgan fingerprint density at radius 2 is 1.80 bits per heavy atom. The van der Waals surface area contributed by atoms with Crippen LogP contribution in [0.2, 0.25) is 0 Å². The van der Waals surface area contributed by atoms with Crippen LogP contribution in [0.15, 0.2) is 47.4 Å². The van der Waals surface area contributed by atoms with Gasteiger partial charge in [-0.15, -0.1) is 11.3 Å². The first-order valence-electron chi connectivity index (χ1n) is 6.20. The number of anilines is 1. The Bertz CT molecular complexity index is 640. The summed E-state index contributed by atoms with van der Waals surface area (Å²) >= 11 is 1.59. The van der Waals surface area contributed by atoms with Crippen LogP contribution in [-0.4, -0.2) is 11.7 Å². The molecular weight excluding hydrogens is 270 g/mol. The van der Waals surface area contributed by atoms with Crippen molar-refractivity contribution in [1.29, 1.82) is 0 Å². The summed E-state index contributed by atoms with van der Waals surface area (Å²) in [4.78, 5) is 24.2. The second-order valence-electron chi connectivity index (χ2n) is 4.43. The summed E-state index contributed by atoms with van der Waals surface area (Å²) in [7, 11) is 0. The molecule has 1 aromatic heterocycles. The van der Waals surface area contributed by atoms with E-state index in [4.69, 9.17) is 0 Å². The van der Waals surface area contributed by atoms with Crippen LogP contribution < -0.4 is 5.32 Å². The highest BCUT2D eigenvalue weighted by atomic mass is 32.1. The number of amides is 1. The predicted molar refractivity (Wildman–Crippen MR) is 83.0 cm³/mol. The van der Waals surface area contributed by atoms with Gasteiger partial charge in [0.1, 0.15) is 0 Å². The predicted octanol–water partition coefficient (Wildman–Crippen LogP) is 3.99. The Hall–Kier alpha value is -2.20. The van der Waals surface area contributed by atoms with Crippen molar-refractivity contribution in [2.75, 3.05) is 5.32 Å². The van der Waals surface area contributed by atoms with E-state index >= 15 is 0 Å². The second-order valence-corrected chi connectivity index (χ2v) is 5.41. The number of rotatable bonds is 4. The van der Waals surface area contributed by atoms with Gasteiger partial charge < -0.3 is 5.32 Å². The minimum Gasteiger partial charge on any atom is -0.322 e. The number of hydrogen-bond acceptors (Lipinski definition) is 3. The lowest BCUT2D eigenvalue weighted by atomic mass is 10.1. The van der Waals surface area contributed by atoms with Gasteiger partial charge >= 0.3 is 0 Å². The van der Waals surface area contributed by atoms with Crippen LogP contribution in [0.1, 0.15) is 29.1 Å². The highest BCUT2D eigenvalue weighted by Gasteiger charge is 2.06. The average molecular weight is 285 g/mol. The molecule has 0 aliphatic carbocycles. The Kier molecular flexibility index (Phi) is 4.48. The van der Waals surface area contributed by atoms with Crippen LogP contribution in [0.3, 0.4) is 0 Å². The maximum Gasteiger partial charge on any atom is 0.251 e. The molecule has 20 heavy (non-hydrogen) atoms. The van der Waals surface area contributed by atoms with Crippen molar-refractivity contribution in [3.05, 3.63) is 57.8 Å². The molecule has 0 saturated heterocycles. The van der Waals surface area contributed by atoms with Crippen molar-refractivity contribution >= 4 is 34.8 Å². The fourth-order valence-electron chi connectivity index (χ4n) is 1.67. The standard InChI is InChI=1S/C16H15NO2S/c1-11(10-15-4-3-9-20-15)16(19)17-14-7-5-13(6-8-14)12(2)18/h3-10H,1-2H3,(H,17,19)/b11-10+. The molecule has 1 aromatic carbocycles. The van der Waals surface area contributed by atoms with Crippen LogP contribution in [0.4, 0.5) is 5.69 Å². The van der Waals surface area contributed by atoms with Crippen molar-refractivity contribution in [2.24, 2.45) is 0 Å². The maximum absolute atomic E-state index is 12.0. The first-order valence-corrected chi connectivity index (χ1v) is 7.08. The molecule has 0 unspecified atom stereocenters. The summed E-state index contributed by atoms with van der Waals surface area (Å²) in [5.74, 6) is -0.134. The van der Waals surface area contributed by atoms with Crippen molar-refractivity contribution in [3.8, 4) is 0 Å². The van der Waals surface area contributed by atoms with Gasteiger partial charge in [0.15, 0.2) is 5.78 Å². The number of carbonyl (C=O) groups is 2.